The average Bonchev–Trinajstić information content (AvgIpc) is 1.88. The Kier molecular flexibility index (Phi) is 1.94. The first-order chi connectivity index (χ1) is 4.74. The molecule has 3 nitrogen and oxygen atoms in total. The summed E-state index contributed by atoms with van der Waals surface area (Å²) in [6.07, 6.45) is 2.25. The minimum absolute atomic E-state index is 0.00352. The number of carbonyl (C=O) groups is 1. The van der Waals surface area contributed by atoms with Crippen molar-refractivity contribution in [3.05, 3.63) is 11.8 Å². The molecular weight excluding hydrogens is 132 g/mol. The highest BCUT2D eigenvalue weighted by Crippen LogP contribution is 2.17. The van der Waals surface area contributed by atoms with E-state index in [9.17, 15) is 4.79 Å². The molecule has 1 heterocycles. The molecule has 1 unspecified atom stereocenters. The summed E-state index contributed by atoms with van der Waals surface area (Å²) in [6.45, 7) is 1.84. The zero-order valence-electron chi connectivity index (χ0n) is 5.83. The number of hydrogen-bond donors (Lipinski definition) is 1. The lowest BCUT2D eigenvalue weighted by atomic mass is 10.1. The lowest BCUT2D eigenvalue weighted by molar-refractivity contribution is -0.146. The average molecular weight is 142 g/mol. The van der Waals surface area contributed by atoms with E-state index in [2.05, 4.69) is 0 Å². The molecule has 10 heavy (non-hydrogen) atoms. The predicted octanol–water partition coefficient (Wildman–Crippen LogP) is 1.15. The van der Waals surface area contributed by atoms with Crippen LogP contribution in [0.5, 0.6) is 0 Å². The highest BCUT2D eigenvalue weighted by atomic mass is 16.5. The van der Waals surface area contributed by atoms with E-state index in [4.69, 9.17) is 9.84 Å². The third-order valence-corrected chi connectivity index (χ3v) is 1.55. The van der Waals surface area contributed by atoms with Crippen molar-refractivity contribution in [1.29, 1.82) is 0 Å². The molecule has 0 aromatic heterocycles. The van der Waals surface area contributed by atoms with Crippen molar-refractivity contribution in [2.24, 2.45) is 0 Å². The number of ether oxygens (including phenoxy) is 1. The number of hydrogen-bond acceptors (Lipinski definition) is 3. The molecule has 0 bridgehead atoms. The number of esters is 1. The molecule has 0 aromatic carbocycles. The van der Waals surface area contributed by atoms with Crippen LogP contribution >= 0.6 is 0 Å². The van der Waals surface area contributed by atoms with Crippen LogP contribution < -0.4 is 0 Å². The van der Waals surface area contributed by atoms with Crippen molar-refractivity contribution in [2.75, 3.05) is 0 Å². The van der Waals surface area contributed by atoms with Crippen LogP contribution in [0.15, 0.2) is 11.8 Å². The Bertz CT molecular complexity index is 172. The van der Waals surface area contributed by atoms with E-state index >= 15 is 0 Å². The number of aliphatic hydroxyl groups excluding tert-OH is 1. The molecule has 3 heteroatoms. The van der Waals surface area contributed by atoms with Crippen LogP contribution in [0.2, 0.25) is 0 Å². The maximum absolute atomic E-state index is 10.8. The Morgan fingerprint density at radius 2 is 2.50 bits per heavy atom. The van der Waals surface area contributed by atoms with Gasteiger partial charge in [-0.2, -0.15) is 0 Å². The second-order valence-corrected chi connectivity index (χ2v) is 2.41. The number of aliphatic hydroxyl groups is 1. The van der Waals surface area contributed by atoms with E-state index in [0.29, 0.717) is 12.0 Å². The molecule has 1 aliphatic heterocycles. The third-order valence-electron chi connectivity index (χ3n) is 1.55. The zero-order valence-corrected chi connectivity index (χ0v) is 5.83. The Morgan fingerprint density at radius 1 is 1.80 bits per heavy atom. The van der Waals surface area contributed by atoms with Gasteiger partial charge in [-0.3, -0.25) is 0 Å². The molecule has 56 valence electrons. The van der Waals surface area contributed by atoms with Crippen LogP contribution in [0.4, 0.5) is 0 Å². The largest absolute Gasteiger partial charge is 0.515 e. The van der Waals surface area contributed by atoms with Crippen molar-refractivity contribution < 1.29 is 14.6 Å². The lowest BCUT2D eigenvalue weighted by Gasteiger charge is -2.19. The van der Waals surface area contributed by atoms with E-state index in [1.165, 1.54) is 0 Å². The van der Waals surface area contributed by atoms with Crippen LogP contribution in [0.25, 0.3) is 0 Å². The molecule has 1 atom stereocenters. The fraction of sp³-hybridized carbons (Fsp3) is 0.571. The summed E-state index contributed by atoms with van der Waals surface area (Å²) in [7, 11) is 0. The molecule has 1 saturated heterocycles. The summed E-state index contributed by atoms with van der Waals surface area (Å²) in [5, 5.41) is 8.48. The zero-order chi connectivity index (χ0) is 7.56. The quantitative estimate of drug-likeness (QED) is 0.313. The van der Waals surface area contributed by atoms with Crippen LogP contribution in [0.1, 0.15) is 19.8 Å². The predicted molar refractivity (Wildman–Crippen MR) is 35.5 cm³/mol. The van der Waals surface area contributed by atoms with Gasteiger partial charge in [0.05, 0.1) is 17.9 Å². The van der Waals surface area contributed by atoms with E-state index in [1.54, 1.807) is 0 Å². The van der Waals surface area contributed by atoms with Crippen molar-refractivity contribution in [2.45, 2.75) is 25.9 Å². The summed E-state index contributed by atoms with van der Waals surface area (Å²) in [5.74, 6) is -0.388. The Labute approximate surface area is 59.3 Å². The molecule has 1 N–H and O–H groups in total. The van der Waals surface area contributed by atoms with Gasteiger partial charge in [-0.05, 0) is 19.8 Å². The van der Waals surface area contributed by atoms with Crippen molar-refractivity contribution >= 4 is 5.97 Å². The van der Waals surface area contributed by atoms with Gasteiger partial charge in [0.15, 0.2) is 0 Å². The fourth-order valence-corrected chi connectivity index (χ4v) is 0.895. The van der Waals surface area contributed by atoms with Crippen LogP contribution in [0.3, 0.4) is 0 Å². The van der Waals surface area contributed by atoms with Gasteiger partial charge in [-0.25, -0.2) is 4.79 Å². The van der Waals surface area contributed by atoms with Gasteiger partial charge in [0.25, 0.3) is 0 Å². The van der Waals surface area contributed by atoms with Gasteiger partial charge < -0.3 is 9.84 Å². The van der Waals surface area contributed by atoms with Gasteiger partial charge in [-0.1, -0.05) is 0 Å². The molecular formula is C7H10O3. The van der Waals surface area contributed by atoms with Crippen molar-refractivity contribution in [3.8, 4) is 0 Å². The smallest absolute Gasteiger partial charge is 0.337 e. The first-order valence-corrected chi connectivity index (χ1v) is 3.28. The minimum atomic E-state index is -0.388. The monoisotopic (exact) mass is 142 g/mol. The van der Waals surface area contributed by atoms with Crippen LogP contribution in [-0.4, -0.2) is 17.2 Å². The van der Waals surface area contributed by atoms with E-state index < -0.39 is 0 Å². The molecule has 0 spiro atoms. The summed E-state index contributed by atoms with van der Waals surface area (Å²) in [4.78, 5) is 10.8. The van der Waals surface area contributed by atoms with Crippen molar-refractivity contribution in [3.63, 3.8) is 0 Å². The number of rotatable bonds is 0. The maximum atomic E-state index is 10.8. The van der Waals surface area contributed by atoms with E-state index in [1.807, 2.05) is 6.92 Å². The standard InChI is InChI=1S/C7H10O3/c1-5-2-3-6(4-8)7(9)10-5/h4-5,8H,2-3H2,1H3/b6-4-. The molecule has 1 rings (SSSR count). The maximum Gasteiger partial charge on any atom is 0.337 e. The van der Waals surface area contributed by atoms with E-state index in [-0.39, 0.29) is 12.1 Å². The van der Waals surface area contributed by atoms with E-state index in [0.717, 1.165) is 12.7 Å². The summed E-state index contributed by atoms with van der Waals surface area (Å²) >= 11 is 0. The van der Waals surface area contributed by atoms with Gasteiger partial charge in [0.2, 0.25) is 0 Å². The lowest BCUT2D eigenvalue weighted by Crippen LogP contribution is -2.22. The molecule has 0 amide bonds. The SMILES string of the molecule is CC1CC/C(=C/O)C(=O)O1. The Hall–Kier alpha value is -0.990. The van der Waals surface area contributed by atoms with Crippen molar-refractivity contribution in [1.82, 2.24) is 0 Å². The topological polar surface area (TPSA) is 46.5 Å². The minimum Gasteiger partial charge on any atom is -0.515 e. The third kappa shape index (κ3) is 1.29. The van der Waals surface area contributed by atoms with Gasteiger partial charge >= 0.3 is 5.97 Å². The number of carbonyl (C=O) groups excluding carboxylic acids is 1. The first kappa shape index (κ1) is 7.12. The second kappa shape index (κ2) is 2.73. The van der Waals surface area contributed by atoms with Crippen LogP contribution in [0, 0.1) is 0 Å². The van der Waals surface area contributed by atoms with Crippen LogP contribution in [-0.2, 0) is 9.53 Å². The highest BCUT2D eigenvalue weighted by molar-refractivity contribution is 5.88. The molecule has 1 aliphatic rings. The molecule has 0 saturated carbocycles. The molecule has 0 radical (unpaired) electrons. The highest BCUT2D eigenvalue weighted by Gasteiger charge is 2.21. The van der Waals surface area contributed by atoms with Gasteiger partial charge in [-0.15, -0.1) is 0 Å². The molecule has 0 aliphatic carbocycles. The fourth-order valence-electron chi connectivity index (χ4n) is 0.895. The summed E-state index contributed by atoms with van der Waals surface area (Å²) in [6, 6.07) is 0. The second-order valence-electron chi connectivity index (χ2n) is 2.41. The van der Waals surface area contributed by atoms with Gasteiger partial charge in [0.1, 0.15) is 0 Å². The Morgan fingerprint density at radius 3 is 3.00 bits per heavy atom. The first-order valence-electron chi connectivity index (χ1n) is 3.28. The van der Waals surface area contributed by atoms with Gasteiger partial charge in [0, 0.05) is 0 Å². The summed E-state index contributed by atoms with van der Waals surface area (Å²) < 4.78 is 4.82. The number of cyclic esters (lactones) is 1. The normalized spacial score (nSPS) is 30.3. The Balaban J connectivity index is 2.61. The summed E-state index contributed by atoms with van der Waals surface area (Å²) in [5.41, 5.74) is 0.373. The molecule has 0 aromatic rings. The molecule has 1 fully saturated rings.